The van der Waals surface area contributed by atoms with Crippen molar-refractivity contribution in [2.24, 2.45) is 0 Å². The molecule has 0 unspecified atom stereocenters. The van der Waals surface area contributed by atoms with Crippen LogP contribution in [0.15, 0.2) is 101 Å². The van der Waals surface area contributed by atoms with Gasteiger partial charge < -0.3 is 4.42 Å². The van der Waals surface area contributed by atoms with Gasteiger partial charge >= 0.3 is 6.01 Å². The number of fused-ring (bicyclic) bond motifs is 11. The molecule has 2 heterocycles. The van der Waals surface area contributed by atoms with Crippen molar-refractivity contribution < 1.29 is 4.42 Å². The number of nitrogens with zero attached hydrogens (tertiary/aromatic N) is 2. The van der Waals surface area contributed by atoms with E-state index >= 15 is 0 Å². The highest BCUT2D eigenvalue weighted by atomic mass is 16.4. The number of benzene rings is 5. The van der Waals surface area contributed by atoms with Gasteiger partial charge in [-0.05, 0) is 45.7 Å². The predicted molar refractivity (Wildman–Crippen MR) is 143 cm³/mol. The van der Waals surface area contributed by atoms with Crippen molar-refractivity contribution in [3.05, 3.63) is 108 Å². The van der Waals surface area contributed by atoms with Crippen LogP contribution in [0.4, 0.5) is 0 Å². The molecule has 0 aliphatic heterocycles. The number of hydrogen-bond acceptors (Lipinski definition) is 2. The lowest BCUT2D eigenvalue weighted by Crippen LogP contribution is -2.15. The van der Waals surface area contributed by atoms with Gasteiger partial charge in [0.2, 0.25) is 0 Å². The third kappa shape index (κ3) is 2.28. The van der Waals surface area contributed by atoms with Crippen LogP contribution in [-0.4, -0.2) is 9.55 Å². The summed E-state index contributed by atoms with van der Waals surface area (Å²) in [4.78, 5) is 4.95. The van der Waals surface area contributed by atoms with Gasteiger partial charge in [-0.1, -0.05) is 92.7 Å². The van der Waals surface area contributed by atoms with Crippen LogP contribution in [0.25, 0.3) is 60.8 Å². The summed E-state index contributed by atoms with van der Waals surface area (Å²) in [6.07, 6.45) is 0. The normalized spacial score (nSPS) is 14.2. The zero-order chi connectivity index (χ0) is 23.3. The van der Waals surface area contributed by atoms with Gasteiger partial charge in [0, 0.05) is 21.8 Å². The summed E-state index contributed by atoms with van der Waals surface area (Å²) < 4.78 is 8.64. The highest BCUT2D eigenvalue weighted by molar-refractivity contribution is 6.27. The van der Waals surface area contributed by atoms with Gasteiger partial charge in [0.15, 0.2) is 5.58 Å². The molecule has 3 heteroatoms. The zero-order valence-electron chi connectivity index (χ0n) is 19.5. The molecule has 8 rings (SSSR count). The van der Waals surface area contributed by atoms with Crippen LogP contribution in [-0.2, 0) is 5.41 Å². The average Bonchev–Trinajstić information content (AvgIpc) is 3.53. The van der Waals surface area contributed by atoms with Crippen molar-refractivity contribution in [3.63, 3.8) is 0 Å². The first-order valence-electron chi connectivity index (χ1n) is 12.1. The SMILES string of the molecule is CC1(C)c2ccccc2-c2c1c1ccccc1c1c3ccccc3n(-c3nc4ccccc4o3)c21. The highest BCUT2D eigenvalue weighted by Crippen LogP contribution is 2.56. The van der Waals surface area contributed by atoms with Gasteiger partial charge in [0.05, 0.1) is 11.0 Å². The number of rotatable bonds is 1. The molecule has 35 heavy (non-hydrogen) atoms. The quantitative estimate of drug-likeness (QED) is 0.251. The molecule has 1 aliphatic carbocycles. The molecule has 0 saturated heterocycles. The van der Waals surface area contributed by atoms with E-state index in [4.69, 9.17) is 9.40 Å². The summed E-state index contributed by atoms with van der Waals surface area (Å²) in [6, 6.07) is 34.9. The lowest BCUT2D eigenvalue weighted by Gasteiger charge is -2.23. The van der Waals surface area contributed by atoms with E-state index in [1.165, 1.54) is 49.3 Å². The smallest absolute Gasteiger partial charge is 0.307 e. The second-order valence-electron chi connectivity index (χ2n) is 10.0. The first kappa shape index (κ1) is 19.0. The van der Waals surface area contributed by atoms with E-state index in [9.17, 15) is 0 Å². The number of oxazole rings is 1. The van der Waals surface area contributed by atoms with Gasteiger partial charge in [-0.15, -0.1) is 0 Å². The van der Waals surface area contributed by atoms with Crippen molar-refractivity contribution in [1.29, 1.82) is 0 Å². The van der Waals surface area contributed by atoms with Crippen LogP contribution >= 0.6 is 0 Å². The molecule has 3 nitrogen and oxygen atoms in total. The van der Waals surface area contributed by atoms with Crippen LogP contribution in [0.1, 0.15) is 25.0 Å². The summed E-state index contributed by atoms with van der Waals surface area (Å²) in [5.74, 6) is 0. The molecule has 1 aliphatic rings. The standard InChI is InChI=1S/C32H22N2O/c1-32(2)23-15-7-5-13-21(23)28-29(32)20-12-4-3-11-19(20)27-22-14-6-9-17-25(22)34(30(27)28)31-33-24-16-8-10-18-26(24)35-31/h3-18H,1-2H3. The Morgan fingerprint density at radius 2 is 1.40 bits per heavy atom. The Balaban J connectivity index is 1.69. The number of para-hydroxylation sites is 3. The Bertz CT molecular complexity index is 1950. The number of hydrogen-bond donors (Lipinski definition) is 0. The third-order valence-corrected chi connectivity index (χ3v) is 7.80. The predicted octanol–water partition coefficient (Wildman–Crippen LogP) is 8.38. The second kappa shape index (κ2) is 6.39. The van der Waals surface area contributed by atoms with Crippen LogP contribution < -0.4 is 0 Å². The summed E-state index contributed by atoms with van der Waals surface area (Å²) in [6.45, 7) is 4.70. The van der Waals surface area contributed by atoms with Crippen LogP contribution in [0.2, 0.25) is 0 Å². The van der Waals surface area contributed by atoms with Crippen molar-refractivity contribution in [1.82, 2.24) is 9.55 Å². The van der Waals surface area contributed by atoms with Crippen LogP contribution in [0.5, 0.6) is 0 Å². The molecule has 5 aromatic carbocycles. The van der Waals surface area contributed by atoms with E-state index in [0.717, 1.165) is 16.6 Å². The first-order valence-corrected chi connectivity index (χ1v) is 12.1. The highest BCUT2D eigenvalue weighted by Gasteiger charge is 2.39. The summed E-state index contributed by atoms with van der Waals surface area (Å²) in [5.41, 5.74) is 9.14. The lowest BCUT2D eigenvalue weighted by atomic mass is 9.79. The first-order chi connectivity index (χ1) is 17.1. The van der Waals surface area contributed by atoms with E-state index in [1.54, 1.807) is 0 Å². The average molecular weight is 451 g/mol. The van der Waals surface area contributed by atoms with E-state index in [-0.39, 0.29) is 5.41 Å². The molecule has 0 bridgehead atoms. The Labute approximate surface area is 202 Å². The van der Waals surface area contributed by atoms with E-state index in [2.05, 4.69) is 91.2 Å². The second-order valence-corrected chi connectivity index (χ2v) is 10.0. The molecule has 0 spiro atoms. The van der Waals surface area contributed by atoms with Gasteiger partial charge in [0.1, 0.15) is 5.52 Å². The summed E-state index contributed by atoms with van der Waals surface area (Å²) in [5, 5.41) is 5.06. The molecule has 0 N–H and O–H groups in total. The fraction of sp³-hybridized carbons (Fsp3) is 0.0938. The van der Waals surface area contributed by atoms with Gasteiger partial charge in [0.25, 0.3) is 0 Å². The molecule has 0 radical (unpaired) electrons. The van der Waals surface area contributed by atoms with Crippen molar-refractivity contribution in [2.45, 2.75) is 19.3 Å². The molecule has 0 atom stereocenters. The minimum absolute atomic E-state index is 0.123. The summed E-state index contributed by atoms with van der Waals surface area (Å²) >= 11 is 0. The molecular weight excluding hydrogens is 428 g/mol. The molecule has 0 fully saturated rings. The van der Waals surface area contributed by atoms with E-state index < -0.39 is 0 Å². The van der Waals surface area contributed by atoms with E-state index in [1.807, 2.05) is 24.3 Å². The fourth-order valence-corrected chi connectivity index (χ4v) is 6.37. The maximum Gasteiger partial charge on any atom is 0.307 e. The van der Waals surface area contributed by atoms with Crippen LogP contribution in [0.3, 0.4) is 0 Å². The third-order valence-electron chi connectivity index (χ3n) is 7.80. The van der Waals surface area contributed by atoms with Crippen molar-refractivity contribution >= 4 is 43.7 Å². The Hall–Kier alpha value is -4.37. The monoisotopic (exact) mass is 450 g/mol. The Kier molecular flexibility index (Phi) is 3.47. The lowest BCUT2D eigenvalue weighted by molar-refractivity contribution is 0.574. The Morgan fingerprint density at radius 1 is 0.714 bits per heavy atom. The van der Waals surface area contributed by atoms with Gasteiger partial charge in [-0.25, -0.2) is 0 Å². The number of aromatic nitrogens is 2. The molecule has 7 aromatic rings. The fourth-order valence-electron chi connectivity index (χ4n) is 6.37. The van der Waals surface area contributed by atoms with Gasteiger partial charge in [-0.2, -0.15) is 4.98 Å². The Morgan fingerprint density at radius 3 is 2.26 bits per heavy atom. The minimum Gasteiger partial charge on any atom is -0.423 e. The topological polar surface area (TPSA) is 31.0 Å². The molecule has 0 amide bonds. The van der Waals surface area contributed by atoms with Gasteiger partial charge in [-0.3, -0.25) is 4.57 Å². The zero-order valence-corrected chi connectivity index (χ0v) is 19.5. The molecule has 2 aromatic heterocycles. The van der Waals surface area contributed by atoms with Crippen molar-refractivity contribution in [3.8, 4) is 17.1 Å². The minimum atomic E-state index is -0.123. The van der Waals surface area contributed by atoms with E-state index in [0.29, 0.717) is 6.01 Å². The summed E-state index contributed by atoms with van der Waals surface area (Å²) in [7, 11) is 0. The maximum absolute atomic E-state index is 6.39. The molecule has 0 saturated carbocycles. The molecular formula is C32H22N2O. The maximum atomic E-state index is 6.39. The van der Waals surface area contributed by atoms with Crippen molar-refractivity contribution in [2.75, 3.05) is 0 Å². The molecule has 166 valence electrons. The van der Waals surface area contributed by atoms with Crippen LogP contribution in [0, 0.1) is 0 Å². The largest absolute Gasteiger partial charge is 0.423 e.